The molecule has 0 unspecified atom stereocenters. The molecule has 2 heterocycles. The molecule has 1 saturated heterocycles. The number of carbonyl (C=O) groups is 3. The third-order valence-electron chi connectivity index (χ3n) is 4.49. The summed E-state index contributed by atoms with van der Waals surface area (Å²) in [5, 5.41) is 1.47. The summed E-state index contributed by atoms with van der Waals surface area (Å²) in [6.07, 6.45) is 4.17. The number of rotatable bonds is 4. The Bertz CT molecular complexity index is 672. The Balaban J connectivity index is 1.54. The van der Waals surface area contributed by atoms with Crippen LogP contribution in [0.15, 0.2) is 5.38 Å². The summed E-state index contributed by atoms with van der Waals surface area (Å²) in [5.74, 6) is -0.364. The van der Waals surface area contributed by atoms with Crippen LogP contribution >= 0.6 is 23.1 Å². The van der Waals surface area contributed by atoms with Gasteiger partial charge in [-0.15, -0.1) is 23.1 Å². The SMILES string of the molecule is COC(=O)[C@@H]1CN(C(=O)COC(=O)c2csc3c2CCCC3)CCS1. The number of ether oxygens (including phenoxy) is 2. The van der Waals surface area contributed by atoms with Gasteiger partial charge in [0.1, 0.15) is 5.25 Å². The van der Waals surface area contributed by atoms with Crippen LogP contribution in [-0.2, 0) is 31.9 Å². The summed E-state index contributed by atoms with van der Waals surface area (Å²) >= 11 is 3.08. The smallest absolute Gasteiger partial charge is 0.339 e. The zero-order valence-electron chi connectivity index (χ0n) is 14.1. The van der Waals surface area contributed by atoms with Crippen molar-refractivity contribution in [3.05, 3.63) is 21.4 Å². The Morgan fingerprint density at radius 1 is 1.28 bits per heavy atom. The Labute approximate surface area is 154 Å². The van der Waals surface area contributed by atoms with Crippen LogP contribution in [0.3, 0.4) is 0 Å². The molecule has 6 nitrogen and oxygen atoms in total. The van der Waals surface area contributed by atoms with Gasteiger partial charge in [-0.3, -0.25) is 9.59 Å². The topological polar surface area (TPSA) is 72.9 Å². The van der Waals surface area contributed by atoms with Gasteiger partial charge in [0.2, 0.25) is 0 Å². The van der Waals surface area contributed by atoms with Gasteiger partial charge in [0.05, 0.1) is 12.7 Å². The first kappa shape index (κ1) is 18.3. The predicted molar refractivity (Wildman–Crippen MR) is 96.1 cm³/mol. The van der Waals surface area contributed by atoms with Crippen molar-refractivity contribution < 1.29 is 23.9 Å². The van der Waals surface area contributed by atoms with E-state index in [4.69, 9.17) is 9.47 Å². The highest BCUT2D eigenvalue weighted by molar-refractivity contribution is 8.00. The molecular formula is C17H21NO5S2. The van der Waals surface area contributed by atoms with Crippen LogP contribution in [0.4, 0.5) is 0 Å². The summed E-state index contributed by atoms with van der Waals surface area (Å²) in [6, 6.07) is 0. The molecule has 1 atom stereocenters. The van der Waals surface area contributed by atoms with Gasteiger partial charge < -0.3 is 14.4 Å². The van der Waals surface area contributed by atoms with Gasteiger partial charge in [0.25, 0.3) is 5.91 Å². The average Bonchev–Trinajstić information content (AvgIpc) is 3.09. The maximum absolute atomic E-state index is 12.3. The summed E-state index contributed by atoms with van der Waals surface area (Å²) in [5.41, 5.74) is 1.70. The van der Waals surface area contributed by atoms with Gasteiger partial charge in [0, 0.05) is 29.1 Å². The summed E-state index contributed by atoms with van der Waals surface area (Å²) in [7, 11) is 1.34. The summed E-state index contributed by atoms with van der Waals surface area (Å²) < 4.78 is 9.98. The third kappa shape index (κ3) is 4.17. The fourth-order valence-corrected chi connectivity index (χ4v) is 5.35. The van der Waals surface area contributed by atoms with Gasteiger partial charge in [-0.05, 0) is 31.2 Å². The minimum absolute atomic E-state index is 0.272. The number of hydrogen-bond acceptors (Lipinski definition) is 7. The lowest BCUT2D eigenvalue weighted by molar-refractivity contribution is -0.141. The van der Waals surface area contributed by atoms with E-state index in [2.05, 4.69) is 0 Å². The molecule has 1 aromatic rings. The molecule has 0 saturated carbocycles. The van der Waals surface area contributed by atoms with Crippen molar-refractivity contribution in [1.29, 1.82) is 0 Å². The van der Waals surface area contributed by atoms with Crippen molar-refractivity contribution >= 4 is 40.9 Å². The van der Waals surface area contributed by atoms with Crippen LogP contribution in [0, 0.1) is 0 Å². The fraction of sp³-hybridized carbons (Fsp3) is 0.588. The maximum Gasteiger partial charge on any atom is 0.339 e. The minimum Gasteiger partial charge on any atom is -0.468 e. The van der Waals surface area contributed by atoms with Crippen LogP contribution in [0.25, 0.3) is 0 Å². The largest absolute Gasteiger partial charge is 0.468 e. The zero-order valence-corrected chi connectivity index (χ0v) is 15.7. The highest BCUT2D eigenvalue weighted by Gasteiger charge is 2.30. The first-order valence-electron chi connectivity index (χ1n) is 8.33. The predicted octanol–water partition coefficient (Wildman–Crippen LogP) is 1.90. The Hall–Kier alpha value is -1.54. The first-order valence-corrected chi connectivity index (χ1v) is 10.3. The van der Waals surface area contributed by atoms with Crippen LogP contribution < -0.4 is 0 Å². The van der Waals surface area contributed by atoms with E-state index < -0.39 is 5.97 Å². The van der Waals surface area contributed by atoms with E-state index >= 15 is 0 Å². The van der Waals surface area contributed by atoms with Crippen molar-refractivity contribution in [1.82, 2.24) is 4.90 Å². The van der Waals surface area contributed by atoms with Crippen molar-refractivity contribution in [3.63, 3.8) is 0 Å². The van der Waals surface area contributed by atoms with Gasteiger partial charge in [0.15, 0.2) is 6.61 Å². The number of methoxy groups -OCH3 is 1. The molecule has 0 spiro atoms. The number of carbonyl (C=O) groups excluding carboxylic acids is 3. The lowest BCUT2D eigenvalue weighted by Crippen LogP contribution is -2.46. The molecule has 8 heteroatoms. The maximum atomic E-state index is 12.3. The fourth-order valence-electron chi connectivity index (χ4n) is 3.11. The monoisotopic (exact) mass is 383 g/mol. The number of fused-ring (bicyclic) bond motifs is 1. The lowest BCUT2D eigenvalue weighted by Gasteiger charge is -2.30. The minimum atomic E-state index is -0.427. The number of aryl methyl sites for hydroxylation is 1. The van der Waals surface area contributed by atoms with Crippen molar-refractivity contribution in [2.75, 3.05) is 32.6 Å². The van der Waals surface area contributed by atoms with E-state index in [-0.39, 0.29) is 23.7 Å². The molecule has 1 aliphatic carbocycles. The van der Waals surface area contributed by atoms with E-state index in [1.807, 2.05) is 5.38 Å². The van der Waals surface area contributed by atoms with E-state index in [0.29, 0.717) is 24.4 Å². The molecule has 1 amide bonds. The second kappa shape index (κ2) is 8.23. The van der Waals surface area contributed by atoms with Crippen molar-refractivity contribution in [2.45, 2.75) is 30.9 Å². The number of amides is 1. The number of thioether (sulfide) groups is 1. The van der Waals surface area contributed by atoms with E-state index in [9.17, 15) is 14.4 Å². The average molecular weight is 383 g/mol. The van der Waals surface area contributed by atoms with Gasteiger partial charge in [-0.2, -0.15) is 0 Å². The van der Waals surface area contributed by atoms with Gasteiger partial charge >= 0.3 is 11.9 Å². The van der Waals surface area contributed by atoms with Gasteiger partial charge in [-0.25, -0.2) is 4.79 Å². The molecule has 136 valence electrons. The van der Waals surface area contributed by atoms with Crippen LogP contribution in [0.2, 0.25) is 0 Å². The van der Waals surface area contributed by atoms with Crippen LogP contribution in [0.5, 0.6) is 0 Å². The quantitative estimate of drug-likeness (QED) is 0.740. The normalized spacial score (nSPS) is 19.9. The van der Waals surface area contributed by atoms with Crippen molar-refractivity contribution in [3.8, 4) is 0 Å². The molecule has 0 bridgehead atoms. The molecule has 0 radical (unpaired) electrons. The third-order valence-corrected chi connectivity index (χ3v) is 6.74. The number of hydrogen-bond donors (Lipinski definition) is 0. The molecule has 3 rings (SSSR count). The molecule has 25 heavy (non-hydrogen) atoms. The van der Waals surface area contributed by atoms with Gasteiger partial charge in [-0.1, -0.05) is 0 Å². The lowest BCUT2D eigenvalue weighted by atomic mass is 9.96. The van der Waals surface area contributed by atoms with Crippen LogP contribution in [-0.4, -0.2) is 60.6 Å². The number of thiophene rings is 1. The number of esters is 2. The Morgan fingerprint density at radius 2 is 2.08 bits per heavy atom. The second-order valence-electron chi connectivity index (χ2n) is 6.06. The summed E-state index contributed by atoms with van der Waals surface area (Å²) in [6.45, 7) is 0.548. The van der Waals surface area contributed by atoms with E-state index in [1.54, 1.807) is 16.2 Å². The molecule has 0 aromatic carbocycles. The van der Waals surface area contributed by atoms with Crippen LogP contribution in [0.1, 0.15) is 33.6 Å². The highest BCUT2D eigenvalue weighted by Crippen LogP contribution is 2.30. The molecule has 1 aromatic heterocycles. The molecule has 1 fully saturated rings. The second-order valence-corrected chi connectivity index (χ2v) is 8.33. The standard InChI is InChI=1S/C17H21NO5S2/c1-22-17(21)14-8-18(6-7-24-14)15(19)9-23-16(20)12-10-25-13-5-3-2-4-11(12)13/h10,14H,2-9H2,1H3/t14-/m0/s1. The number of nitrogens with zero attached hydrogens (tertiary/aromatic N) is 1. The summed E-state index contributed by atoms with van der Waals surface area (Å²) in [4.78, 5) is 39.1. The van der Waals surface area contributed by atoms with Crippen molar-refractivity contribution in [2.24, 2.45) is 0 Å². The zero-order chi connectivity index (χ0) is 17.8. The molecular weight excluding hydrogens is 362 g/mol. The molecule has 2 aliphatic rings. The van der Waals surface area contributed by atoms with E-state index in [1.165, 1.54) is 23.7 Å². The molecule has 0 N–H and O–H groups in total. The molecule has 1 aliphatic heterocycles. The first-order chi connectivity index (χ1) is 12.1. The Morgan fingerprint density at radius 3 is 2.88 bits per heavy atom. The Kier molecular flexibility index (Phi) is 6.01. The highest BCUT2D eigenvalue weighted by atomic mass is 32.2. The van der Waals surface area contributed by atoms with E-state index in [0.717, 1.165) is 31.2 Å².